The van der Waals surface area contributed by atoms with E-state index in [2.05, 4.69) is 5.16 Å². The van der Waals surface area contributed by atoms with Crippen LogP contribution in [0.15, 0.2) is 5.16 Å². The smallest absolute Gasteiger partial charge is 0.410 e. The molecular formula is C20H37FN4O4. The minimum Gasteiger partial charge on any atom is -0.444 e. The summed E-state index contributed by atoms with van der Waals surface area (Å²) in [6, 6.07) is 0. The van der Waals surface area contributed by atoms with Crippen molar-refractivity contribution in [2.45, 2.75) is 71.3 Å². The lowest BCUT2D eigenvalue weighted by atomic mass is 9.79. The van der Waals surface area contributed by atoms with Crippen LogP contribution in [0.4, 0.5) is 9.18 Å². The number of likely N-dealkylation sites (tertiary alicyclic amines) is 2. The first kappa shape index (κ1) is 23.7. The largest absolute Gasteiger partial charge is 0.444 e. The van der Waals surface area contributed by atoms with Gasteiger partial charge in [-0.05, 0) is 46.5 Å². The van der Waals surface area contributed by atoms with E-state index in [4.69, 9.17) is 15.3 Å². The number of aliphatic hydroxyl groups excluding tert-OH is 1. The molecule has 0 aromatic heterocycles. The number of nitrogens with zero attached hydrogens (tertiary/aromatic N) is 3. The molecule has 0 aliphatic carbocycles. The minimum atomic E-state index is -0.730. The number of oxime groups is 1. The molecule has 29 heavy (non-hydrogen) atoms. The van der Waals surface area contributed by atoms with Gasteiger partial charge in [-0.3, -0.25) is 0 Å². The molecule has 168 valence electrons. The lowest BCUT2D eigenvalue weighted by molar-refractivity contribution is 0.00792. The molecule has 2 rings (SSSR count). The summed E-state index contributed by atoms with van der Waals surface area (Å²) in [4.78, 5) is 21.2. The van der Waals surface area contributed by atoms with Crippen LogP contribution in [0.1, 0.15) is 53.4 Å². The van der Waals surface area contributed by atoms with E-state index >= 15 is 0 Å². The molecule has 2 fully saturated rings. The highest BCUT2D eigenvalue weighted by Crippen LogP contribution is 2.31. The number of carbonyl (C=O) groups excluding carboxylic acids is 1. The van der Waals surface area contributed by atoms with Crippen molar-refractivity contribution < 1.29 is 23.9 Å². The molecule has 0 aromatic carbocycles. The number of amidine groups is 1. The lowest BCUT2D eigenvalue weighted by Gasteiger charge is -2.38. The predicted molar refractivity (Wildman–Crippen MR) is 109 cm³/mol. The minimum absolute atomic E-state index is 0.0381. The van der Waals surface area contributed by atoms with Crippen molar-refractivity contribution in [3.05, 3.63) is 0 Å². The van der Waals surface area contributed by atoms with Gasteiger partial charge in [0.25, 0.3) is 0 Å². The zero-order valence-corrected chi connectivity index (χ0v) is 18.2. The summed E-state index contributed by atoms with van der Waals surface area (Å²) in [5.41, 5.74) is 5.26. The fourth-order valence-corrected chi connectivity index (χ4v) is 3.50. The highest BCUT2D eigenvalue weighted by Gasteiger charge is 2.37. The van der Waals surface area contributed by atoms with Crippen LogP contribution in [0.2, 0.25) is 0 Å². The first-order chi connectivity index (χ1) is 13.5. The van der Waals surface area contributed by atoms with Crippen LogP contribution in [0.25, 0.3) is 0 Å². The van der Waals surface area contributed by atoms with Crippen LogP contribution in [0.3, 0.4) is 0 Å². The average Bonchev–Trinajstić information content (AvgIpc) is 2.62. The maximum Gasteiger partial charge on any atom is 0.410 e. The Hall–Kier alpha value is -1.61. The number of piperidine rings is 2. The first-order valence-corrected chi connectivity index (χ1v) is 10.5. The van der Waals surface area contributed by atoms with Gasteiger partial charge in [0, 0.05) is 38.1 Å². The third-order valence-electron chi connectivity index (χ3n) is 5.55. The SMILES string of the molecule is CC(C)(C)OC(=O)N1CCC(C)(C(N)=NOCC(O)CN2CCC(F)CC2)CC1. The Morgan fingerprint density at radius 1 is 1.28 bits per heavy atom. The van der Waals surface area contributed by atoms with Gasteiger partial charge in [-0.2, -0.15) is 0 Å². The van der Waals surface area contributed by atoms with Gasteiger partial charge in [0.1, 0.15) is 30.3 Å². The number of rotatable bonds is 6. The zero-order chi connectivity index (χ0) is 21.7. The number of halogens is 1. The Balaban J connectivity index is 1.74. The molecule has 9 heteroatoms. The summed E-state index contributed by atoms with van der Waals surface area (Å²) in [5.74, 6) is 0.367. The molecule has 2 aliphatic heterocycles. The first-order valence-electron chi connectivity index (χ1n) is 10.5. The van der Waals surface area contributed by atoms with Crippen LogP contribution in [0, 0.1) is 5.41 Å². The zero-order valence-electron chi connectivity index (χ0n) is 18.2. The Bertz CT molecular complexity index is 565. The molecule has 3 N–H and O–H groups in total. The van der Waals surface area contributed by atoms with Crippen molar-refractivity contribution in [1.82, 2.24) is 9.80 Å². The Morgan fingerprint density at radius 3 is 2.41 bits per heavy atom. The number of β-amino-alcohol motifs (C(OH)–C–C–N with tert-alkyl or cyclic N) is 1. The van der Waals surface area contributed by atoms with Crippen LogP contribution in [-0.2, 0) is 9.57 Å². The molecule has 8 nitrogen and oxygen atoms in total. The van der Waals surface area contributed by atoms with Crippen LogP contribution in [0.5, 0.6) is 0 Å². The van der Waals surface area contributed by atoms with Crippen LogP contribution >= 0.6 is 0 Å². The standard InChI is InChI=1S/C20H37FN4O4/c1-19(2,3)29-18(27)25-11-7-20(4,8-12-25)17(22)23-28-14-16(26)13-24-9-5-15(21)6-10-24/h15-16,26H,5-14H2,1-4H3,(H2,22,23). The Labute approximate surface area is 173 Å². The summed E-state index contributed by atoms with van der Waals surface area (Å²) in [7, 11) is 0. The summed E-state index contributed by atoms with van der Waals surface area (Å²) >= 11 is 0. The maximum absolute atomic E-state index is 13.2. The molecule has 0 radical (unpaired) electrons. The fourth-order valence-electron chi connectivity index (χ4n) is 3.50. The van der Waals surface area contributed by atoms with Crippen molar-refractivity contribution >= 4 is 11.9 Å². The summed E-state index contributed by atoms with van der Waals surface area (Å²) in [5, 5.41) is 14.1. The highest BCUT2D eigenvalue weighted by atomic mass is 19.1. The molecule has 2 saturated heterocycles. The predicted octanol–water partition coefficient (Wildman–Crippen LogP) is 2.11. The van der Waals surface area contributed by atoms with E-state index in [0.717, 1.165) is 0 Å². The monoisotopic (exact) mass is 416 g/mol. The second kappa shape index (κ2) is 9.93. The van der Waals surface area contributed by atoms with Gasteiger partial charge in [-0.1, -0.05) is 12.1 Å². The van der Waals surface area contributed by atoms with E-state index < -0.39 is 17.9 Å². The van der Waals surface area contributed by atoms with E-state index in [9.17, 15) is 14.3 Å². The molecule has 0 bridgehead atoms. The fraction of sp³-hybridized carbons (Fsp3) is 0.900. The molecule has 1 atom stereocenters. The molecule has 0 spiro atoms. The van der Waals surface area contributed by atoms with Gasteiger partial charge >= 0.3 is 6.09 Å². The number of carbonyl (C=O) groups is 1. The van der Waals surface area contributed by atoms with E-state index in [1.54, 1.807) is 4.90 Å². The van der Waals surface area contributed by atoms with Gasteiger partial charge < -0.3 is 30.2 Å². The normalized spacial score (nSPS) is 23.0. The average molecular weight is 417 g/mol. The molecule has 1 amide bonds. The van der Waals surface area contributed by atoms with Gasteiger partial charge in [0.05, 0.1) is 0 Å². The molecule has 2 aliphatic rings. The number of ether oxygens (including phenoxy) is 1. The van der Waals surface area contributed by atoms with E-state index in [-0.39, 0.29) is 18.1 Å². The molecule has 0 aromatic rings. The number of hydrogen-bond donors (Lipinski definition) is 2. The number of alkyl halides is 1. The number of aliphatic hydroxyl groups is 1. The summed E-state index contributed by atoms with van der Waals surface area (Å²) in [6.07, 6.45) is 0.591. The second-order valence-electron chi connectivity index (χ2n) is 9.43. The van der Waals surface area contributed by atoms with Crippen molar-refractivity contribution in [3.8, 4) is 0 Å². The van der Waals surface area contributed by atoms with Crippen molar-refractivity contribution in [3.63, 3.8) is 0 Å². The van der Waals surface area contributed by atoms with Crippen molar-refractivity contribution in [2.24, 2.45) is 16.3 Å². The topological polar surface area (TPSA) is 101 Å². The second-order valence-corrected chi connectivity index (χ2v) is 9.43. The van der Waals surface area contributed by atoms with Crippen LogP contribution < -0.4 is 5.73 Å². The van der Waals surface area contributed by atoms with Crippen molar-refractivity contribution in [1.29, 1.82) is 0 Å². The molecule has 1 unspecified atom stereocenters. The van der Waals surface area contributed by atoms with E-state index in [1.165, 1.54) is 0 Å². The van der Waals surface area contributed by atoms with Crippen LogP contribution in [-0.4, -0.2) is 84.0 Å². The van der Waals surface area contributed by atoms with E-state index in [1.807, 2.05) is 32.6 Å². The molecular weight excluding hydrogens is 379 g/mol. The highest BCUT2D eigenvalue weighted by molar-refractivity contribution is 5.86. The maximum atomic E-state index is 13.2. The number of hydrogen-bond acceptors (Lipinski definition) is 6. The third-order valence-corrected chi connectivity index (χ3v) is 5.55. The van der Waals surface area contributed by atoms with Gasteiger partial charge in [-0.25, -0.2) is 9.18 Å². The summed E-state index contributed by atoms with van der Waals surface area (Å²) in [6.45, 7) is 10.4. The van der Waals surface area contributed by atoms with Gasteiger partial charge in [0.2, 0.25) is 0 Å². The molecule has 2 heterocycles. The summed E-state index contributed by atoms with van der Waals surface area (Å²) < 4.78 is 18.6. The third kappa shape index (κ3) is 7.62. The Morgan fingerprint density at radius 2 is 1.86 bits per heavy atom. The lowest BCUT2D eigenvalue weighted by Crippen LogP contribution is -2.48. The van der Waals surface area contributed by atoms with Gasteiger partial charge in [-0.15, -0.1) is 0 Å². The number of amides is 1. The Kier molecular flexibility index (Phi) is 8.10. The molecule has 0 saturated carbocycles. The quantitative estimate of drug-likeness (QED) is 0.391. The van der Waals surface area contributed by atoms with Crippen molar-refractivity contribution in [2.75, 3.05) is 39.3 Å². The van der Waals surface area contributed by atoms with Gasteiger partial charge in [0.15, 0.2) is 0 Å². The van der Waals surface area contributed by atoms with E-state index in [0.29, 0.717) is 64.2 Å². The number of nitrogens with two attached hydrogens (primary N) is 1.